The Hall–Kier alpha value is -0.0800. The zero-order chi connectivity index (χ0) is 12.8. The Morgan fingerprint density at radius 2 is 0.944 bits per heavy atom. The van der Waals surface area contributed by atoms with Gasteiger partial charge in [0.25, 0.3) is 0 Å². The summed E-state index contributed by atoms with van der Waals surface area (Å²) in [6.07, 6.45) is 13.7. The van der Waals surface area contributed by atoms with Crippen molar-refractivity contribution in [3.63, 3.8) is 0 Å². The smallest absolute Gasteiger partial charge is 0.0801 e. The predicted octanol–water partition coefficient (Wildman–Crippen LogP) is 3.65. The van der Waals surface area contributed by atoms with Gasteiger partial charge in [-0.25, -0.2) is 0 Å². The van der Waals surface area contributed by atoms with Crippen LogP contribution in [0.3, 0.4) is 0 Å². The molecule has 106 valence electrons. The van der Waals surface area contributed by atoms with E-state index in [1.807, 2.05) is 0 Å². The second kappa shape index (κ2) is 7.49. The normalized spacial score (nSPS) is 27.0. The summed E-state index contributed by atoms with van der Waals surface area (Å²) >= 11 is 0. The van der Waals surface area contributed by atoms with E-state index in [2.05, 4.69) is 0 Å². The Bertz CT molecular complexity index is 193. The van der Waals surface area contributed by atoms with E-state index in [4.69, 9.17) is 0 Å². The van der Waals surface area contributed by atoms with Crippen LogP contribution in [-0.4, -0.2) is 22.4 Å². The molecule has 2 unspecified atom stereocenters. The number of hydrogen-bond donors (Lipinski definition) is 2. The topological polar surface area (TPSA) is 40.5 Å². The van der Waals surface area contributed by atoms with E-state index in [0.29, 0.717) is 11.8 Å². The third-order valence-corrected chi connectivity index (χ3v) is 5.04. The largest absolute Gasteiger partial charge is 0.390 e. The molecule has 18 heavy (non-hydrogen) atoms. The standard InChI is InChI=1S/C16H30O2/c17-15(11-13-7-3-1-4-8-13)16(18)12-14-9-5-2-6-10-14/h13-18H,1-12H2. The van der Waals surface area contributed by atoms with Crippen molar-refractivity contribution >= 4 is 0 Å². The Morgan fingerprint density at radius 1 is 0.611 bits per heavy atom. The van der Waals surface area contributed by atoms with Crippen LogP contribution in [0.2, 0.25) is 0 Å². The minimum Gasteiger partial charge on any atom is -0.390 e. The maximum Gasteiger partial charge on any atom is 0.0801 e. The maximum absolute atomic E-state index is 10.2. The van der Waals surface area contributed by atoms with Crippen LogP contribution in [0.15, 0.2) is 0 Å². The highest BCUT2D eigenvalue weighted by molar-refractivity contribution is 4.77. The molecule has 2 aliphatic carbocycles. The number of hydrogen-bond acceptors (Lipinski definition) is 2. The molecule has 2 nitrogen and oxygen atoms in total. The van der Waals surface area contributed by atoms with Crippen LogP contribution in [0, 0.1) is 11.8 Å². The lowest BCUT2D eigenvalue weighted by Gasteiger charge is -2.29. The number of rotatable bonds is 5. The van der Waals surface area contributed by atoms with Gasteiger partial charge in [0.05, 0.1) is 12.2 Å². The fraction of sp³-hybridized carbons (Fsp3) is 1.00. The van der Waals surface area contributed by atoms with Crippen LogP contribution < -0.4 is 0 Å². The zero-order valence-electron chi connectivity index (χ0n) is 11.7. The molecule has 0 aromatic heterocycles. The first kappa shape index (κ1) is 14.3. The monoisotopic (exact) mass is 254 g/mol. The first-order valence-electron chi connectivity index (χ1n) is 8.12. The van der Waals surface area contributed by atoms with Gasteiger partial charge < -0.3 is 10.2 Å². The Morgan fingerprint density at radius 3 is 1.28 bits per heavy atom. The molecule has 0 aliphatic heterocycles. The highest BCUT2D eigenvalue weighted by Gasteiger charge is 2.25. The molecule has 0 radical (unpaired) electrons. The molecular formula is C16H30O2. The summed E-state index contributed by atoms with van der Waals surface area (Å²) < 4.78 is 0. The van der Waals surface area contributed by atoms with Gasteiger partial charge in [-0.2, -0.15) is 0 Å². The lowest BCUT2D eigenvalue weighted by atomic mass is 9.81. The van der Waals surface area contributed by atoms with Crippen molar-refractivity contribution in [1.29, 1.82) is 0 Å². The van der Waals surface area contributed by atoms with Crippen LogP contribution in [-0.2, 0) is 0 Å². The van der Waals surface area contributed by atoms with Crippen LogP contribution in [0.25, 0.3) is 0 Å². The van der Waals surface area contributed by atoms with Gasteiger partial charge in [-0.3, -0.25) is 0 Å². The molecule has 2 fully saturated rings. The summed E-state index contributed by atoms with van der Waals surface area (Å²) in [5.41, 5.74) is 0. The highest BCUT2D eigenvalue weighted by Crippen LogP contribution is 2.31. The molecule has 2 saturated carbocycles. The number of aliphatic hydroxyl groups excluding tert-OH is 2. The van der Waals surface area contributed by atoms with Crippen molar-refractivity contribution < 1.29 is 10.2 Å². The van der Waals surface area contributed by atoms with Crippen molar-refractivity contribution in [2.75, 3.05) is 0 Å². The lowest BCUT2D eigenvalue weighted by Crippen LogP contribution is -2.31. The molecular weight excluding hydrogens is 224 g/mol. The van der Waals surface area contributed by atoms with Gasteiger partial charge in [-0.15, -0.1) is 0 Å². The molecule has 0 aromatic carbocycles. The van der Waals surface area contributed by atoms with Gasteiger partial charge in [0.2, 0.25) is 0 Å². The fourth-order valence-corrected chi connectivity index (χ4v) is 3.84. The minimum atomic E-state index is -0.477. The molecule has 0 saturated heterocycles. The molecule has 2 aliphatic rings. The average Bonchev–Trinajstić information content (AvgIpc) is 2.41. The Balaban J connectivity index is 1.68. The van der Waals surface area contributed by atoms with E-state index in [1.165, 1.54) is 64.2 Å². The fourth-order valence-electron chi connectivity index (χ4n) is 3.84. The van der Waals surface area contributed by atoms with E-state index in [0.717, 1.165) is 12.8 Å². The van der Waals surface area contributed by atoms with Gasteiger partial charge in [-0.05, 0) is 24.7 Å². The third-order valence-electron chi connectivity index (χ3n) is 5.04. The molecule has 2 N–H and O–H groups in total. The summed E-state index contributed by atoms with van der Waals surface area (Å²) in [6.45, 7) is 0. The summed E-state index contributed by atoms with van der Waals surface area (Å²) in [4.78, 5) is 0. The zero-order valence-corrected chi connectivity index (χ0v) is 11.7. The molecule has 0 aromatic rings. The number of aliphatic hydroxyl groups is 2. The van der Waals surface area contributed by atoms with Crippen LogP contribution in [0.4, 0.5) is 0 Å². The van der Waals surface area contributed by atoms with E-state index in [-0.39, 0.29) is 0 Å². The second-order valence-electron chi connectivity index (χ2n) is 6.61. The van der Waals surface area contributed by atoms with Crippen molar-refractivity contribution in [1.82, 2.24) is 0 Å². The van der Waals surface area contributed by atoms with Gasteiger partial charge in [0, 0.05) is 0 Å². The van der Waals surface area contributed by atoms with Crippen LogP contribution in [0.1, 0.15) is 77.0 Å². The van der Waals surface area contributed by atoms with Crippen molar-refractivity contribution in [2.24, 2.45) is 11.8 Å². The van der Waals surface area contributed by atoms with Crippen molar-refractivity contribution in [2.45, 2.75) is 89.3 Å². The van der Waals surface area contributed by atoms with Crippen molar-refractivity contribution in [3.8, 4) is 0 Å². The highest BCUT2D eigenvalue weighted by atomic mass is 16.3. The first-order chi connectivity index (χ1) is 8.75. The van der Waals surface area contributed by atoms with Gasteiger partial charge >= 0.3 is 0 Å². The molecule has 0 spiro atoms. The van der Waals surface area contributed by atoms with E-state index >= 15 is 0 Å². The van der Waals surface area contributed by atoms with Crippen LogP contribution in [0.5, 0.6) is 0 Å². The molecule has 2 rings (SSSR count). The lowest BCUT2D eigenvalue weighted by molar-refractivity contribution is -0.0136. The summed E-state index contributed by atoms with van der Waals surface area (Å²) in [5, 5.41) is 20.3. The predicted molar refractivity (Wildman–Crippen MR) is 74.4 cm³/mol. The van der Waals surface area contributed by atoms with Crippen LogP contribution >= 0.6 is 0 Å². The summed E-state index contributed by atoms with van der Waals surface area (Å²) in [5.74, 6) is 1.32. The molecule has 0 amide bonds. The molecule has 2 atom stereocenters. The summed E-state index contributed by atoms with van der Waals surface area (Å²) in [6, 6.07) is 0. The Kier molecular flexibility index (Phi) is 5.97. The average molecular weight is 254 g/mol. The van der Waals surface area contributed by atoms with E-state index in [9.17, 15) is 10.2 Å². The van der Waals surface area contributed by atoms with E-state index in [1.54, 1.807) is 0 Å². The third kappa shape index (κ3) is 4.55. The Labute approximate surface area is 112 Å². The van der Waals surface area contributed by atoms with E-state index < -0.39 is 12.2 Å². The quantitative estimate of drug-likeness (QED) is 0.786. The second-order valence-corrected chi connectivity index (χ2v) is 6.61. The molecule has 0 heterocycles. The minimum absolute atomic E-state index is 0.477. The first-order valence-corrected chi connectivity index (χ1v) is 8.12. The van der Waals surface area contributed by atoms with Gasteiger partial charge in [0.1, 0.15) is 0 Å². The molecule has 0 bridgehead atoms. The SMILES string of the molecule is OC(CC1CCCCC1)C(O)CC1CCCCC1. The van der Waals surface area contributed by atoms with Gasteiger partial charge in [-0.1, -0.05) is 64.2 Å². The van der Waals surface area contributed by atoms with Crippen molar-refractivity contribution in [3.05, 3.63) is 0 Å². The maximum atomic E-state index is 10.2. The summed E-state index contributed by atoms with van der Waals surface area (Å²) in [7, 11) is 0. The van der Waals surface area contributed by atoms with Gasteiger partial charge in [0.15, 0.2) is 0 Å². The molecule has 2 heteroatoms.